The number of para-hydroxylation sites is 1. The third kappa shape index (κ3) is 4.35. The number of anilines is 1. The molecule has 1 atom stereocenters. The second-order valence-corrected chi connectivity index (χ2v) is 7.16. The molecule has 0 radical (unpaired) electrons. The Hall–Kier alpha value is -2.70. The SMILES string of the molecule is O=C(Nc1nc(-c2ccccc2)cs1)c1ccccc1OCC1CCCO1. The van der Waals surface area contributed by atoms with E-state index < -0.39 is 0 Å². The summed E-state index contributed by atoms with van der Waals surface area (Å²) in [6.45, 7) is 1.24. The van der Waals surface area contributed by atoms with E-state index in [9.17, 15) is 4.79 Å². The van der Waals surface area contributed by atoms with Gasteiger partial charge < -0.3 is 9.47 Å². The van der Waals surface area contributed by atoms with Crippen LogP contribution < -0.4 is 10.1 Å². The molecular formula is C21H20N2O3S. The number of aromatic nitrogens is 1. The first-order valence-electron chi connectivity index (χ1n) is 8.95. The average Bonchev–Trinajstić information content (AvgIpc) is 3.39. The number of benzene rings is 2. The first-order chi connectivity index (χ1) is 13.3. The van der Waals surface area contributed by atoms with E-state index in [1.807, 2.05) is 47.8 Å². The molecule has 5 nitrogen and oxygen atoms in total. The molecule has 1 aromatic heterocycles. The van der Waals surface area contributed by atoms with E-state index in [0.717, 1.165) is 30.7 Å². The fourth-order valence-electron chi connectivity index (χ4n) is 2.98. The molecule has 1 unspecified atom stereocenters. The topological polar surface area (TPSA) is 60.5 Å². The molecule has 0 spiro atoms. The summed E-state index contributed by atoms with van der Waals surface area (Å²) in [4.78, 5) is 17.2. The smallest absolute Gasteiger partial charge is 0.261 e. The van der Waals surface area contributed by atoms with Crippen LogP contribution in [0.2, 0.25) is 0 Å². The lowest BCUT2D eigenvalue weighted by molar-refractivity contribution is 0.0673. The van der Waals surface area contributed by atoms with Crippen molar-refractivity contribution in [3.63, 3.8) is 0 Å². The zero-order chi connectivity index (χ0) is 18.5. The largest absolute Gasteiger partial charge is 0.490 e. The van der Waals surface area contributed by atoms with Gasteiger partial charge in [-0.15, -0.1) is 11.3 Å². The molecule has 1 N–H and O–H groups in total. The molecule has 6 heteroatoms. The fraction of sp³-hybridized carbons (Fsp3) is 0.238. The Morgan fingerprint density at radius 1 is 1.19 bits per heavy atom. The van der Waals surface area contributed by atoms with Crippen molar-refractivity contribution in [1.82, 2.24) is 4.98 Å². The lowest BCUT2D eigenvalue weighted by atomic mass is 10.2. The van der Waals surface area contributed by atoms with Gasteiger partial charge in [-0.2, -0.15) is 0 Å². The second-order valence-electron chi connectivity index (χ2n) is 6.30. The third-order valence-electron chi connectivity index (χ3n) is 4.37. The molecule has 0 bridgehead atoms. The van der Waals surface area contributed by atoms with Gasteiger partial charge in [-0.3, -0.25) is 10.1 Å². The summed E-state index contributed by atoms with van der Waals surface area (Å²) in [5.74, 6) is 0.331. The molecule has 1 aliphatic rings. The number of rotatable bonds is 6. The molecule has 1 saturated heterocycles. The van der Waals surface area contributed by atoms with Crippen LogP contribution in [0.15, 0.2) is 60.0 Å². The van der Waals surface area contributed by atoms with Crippen molar-refractivity contribution < 1.29 is 14.3 Å². The summed E-state index contributed by atoms with van der Waals surface area (Å²) < 4.78 is 11.4. The Morgan fingerprint density at radius 3 is 2.81 bits per heavy atom. The first-order valence-corrected chi connectivity index (χ1v) is 9.83. The number of nitrogens with zero attached hydrogens (tertiary/aromatic N) is 1. The van der Waals surface area contributed by atoms with Crippen molar-refractivity contribution in [2.75, 3.05) is 18.5 Å². The summed E-state index contributed by atoms with van der Waals surface area (Å²) in [7, 11) is 0. The number of carbonyl (C=O) groups excluding carboxylic acids is 1. The number of amides is 1. The molecule has 1 amide bonds. The van der Waals surface area contributed by atoms with Crippen LogP contribution in [0.25, 0.3) is 11.3 Å². The van der Waals surface area contributed by atoms with Crippen LogP contribution >= 0.6 is 11.3 Å². The normalized spacial score (nSPS) is 16.2. The maximum absolute atomic E-state index is 12.7. The van der Waals surface area contributed by atoms with E-state index in [1.165, 1.54) is 11.3 Å². The maximum Gasteiger partial charge on any atom is 0.261 e. The van der Waals surface area contributed by atoms with Crippen LogP contribution in [-0.2, 0) is 4.74 Å². The summed E-state index contributed by atoms with van der Waals surface area (Å²) >= 11 is 1.40. The number of ether oxygens (including phenoxy) is 2. The highest BCUT2D eigenvalue weighted by molar-refractivity contribution is 7.14. The summed E-state index contributed by atoms with van der Waals surface area (Å²) in [5.41, 5.74) is 2.36. The quantitative estimate of drug-likeness (QED) is 0.678. The van der Waals surface area contributed by atoms with E-state index >= 15 is 0 Å². The summed E-state index contributed by atoms with van der Waals surface area (Å²) in [5, 5.41) is 5.37. The van der Waals surface area contributed by atoms with Gasteiger partial charge in [0.05, 0.1) is 17.4 Å². The van der Waals surface area contributed by atoms with Gasteiger partial charge in [0.25, 0.3) is 5.91 Å². The molecule has 1 fully saturated rings. The van der Waals surface area contributed by atoms with Crippen molar-refractivity contribution in [3.05, 3.63) is 65.5 Å². The first kappa shape index (κ1) is 17.7. The van der Waals surface area contributed by atoms with Crippen LogP contribution in [0.5, 0.6) is 5.75 Å². The predicted molar refractivity (Wildman–Crippen MR) is 106 cm³/mol. The summed E-state index contributed by atoms with van der Waals surface area (Å²) in [6, 6.07) is 17.1. The Bertz CT molecular complexity index is 905. The Balaban J connectivity index is 1.44. The average molecular weight is 380 g/mol. The number of hydrogen-bond donors (Lipinski definition) is 1. The minimum Gasteiger partial charge on any atom is -0.490 e. The Kier molecular flexibility index (Phi) is 5.46. The molecule has 27 heavy (non-hydrogen) atoms. The molecule has 1 aliphatic heterocycles. The van der Waals surface area contributed by atoms with Gasteiger partial charge in [0.2, 0.25) is 0 Å². The molecule has 0 aliphatic carbocycles. The monoisotopic (exact) mass is 380 g/mol. The predicted octanol–water partition coefficient (Wildman–Crippen LogP) is 4.62. The highest BCUT2D eigenvalue weighted by Gasteiger charge is 2.19. The summed E-state index contributed by atoms with van der Waals surface area (Å²) in [6.07, 6.45) is 2.16. The minimum atomic E-state index is -0.230. The number of carbonyl (C=O) groups is 1. The van der Waals surface area contributed by atoms with E-state index in [0.29, 0.717) is 23.1 Å². The van der Waals surface area contributed by atoms with Crippen molar-refractivity contribution in [1.29, 1.82) is 0 Å². The lowest BCUT2D eigenvalue weighted by Gasteiger charge is -2.14. The standard InChI is InChI=1S/C21H20N2O3S/c24-20(23-21-22-18(14-27-21)15-7-2-1-3-8-15)17-10-4-5-11-19(17)26-13-16-9-6-12-25-16/h1-5,7-8,10-11,14,16H,6,9,12-13H2,(H,22,23,24). The van der Waals surface area contributed by atoms with E-state index in [4.69, 9.17) is 9.47 Å². The van der Waals surface area contributed by atoms with Crippen LogP contribution in [0.3, 0.4) is 0 Å². The highest BCUT2D eigenvalue weighted by Crippen LogP contribution is 2.26. The Morgan fingerprint density at radius 2 is 2.00 bits per heavy atom. The van der Waals surface area contributed by atoms with Crippen molar-refractivity contribution in [2.45, 2.75) is 18.9 Å². The second kappa shape index (κ2) is 8.33. The van der Waals surface area contributed by atoms with Gasteiger partial charge in [-0.05, 0) is 25.0 Å². The molecule has 2 aromatic carbocycles. The molecule has 0 saturated carbocycles. The number of thiazole rings is 1. The number of nitrogens with one attached hydrogen (secondary N) is 1. The number of hydrogen-bond acceptors (Lipinski definition) is 5. The molecular weight excluding hydrogens is 360 g/mol. The molecule has 138 valence electrons. The lowest BCUT2D eigenvalue weighted by Crippen LogP contribution is -2.19. The van der Waals surface area contributed by atoms with Gasteiger partial charge >= 0.3 is 0 Å². The van der Waals surface area contributed by atoms with Gasteiger partial charge in [0.1, 0.15) is 12.4 Å². The van der Waals surface area contributed by atoms with Gasteiger partial charge in [-0.25, -0.2) is 4.98 Å². The van der Waals surface area contributed by atoms with Crippen molar-refractivity contribution >= 4 is 22.4 Å². The van der Waals surface area contributed by atoms with E-state index in [-0.39, 0.29) is 12.0 Å². The van der Waals surface area contributed by atoms with Crippen molar-refractivity contribution in [2.24, 2.45) is 0 Å². The third-order valence-corrected chi connectivity index (χ3v) is 5.13. The minimum absolute atomic E-state index is 0.105. The molecule has 2 heterocycles. The fourth-order valence-corrected chi connectivity index (χ4v) is 3.69. The van der Waals surface area contributed by atoms with Crippen LogP contribution in [-0.4, -0.2) is 30.2 Å². The van der Waals surface area contributed by atoms with E-state index in [2.05, 4.69) is 10.3 Å². The maximum atomic E-state index is 12.7. The zero-order valence-electron chi connectivity index (χ0n) is 14.8. The molecule has 3 aromatic rings. The van der Waals surface area contributed by atoms with Gasteiger partial charge in [-0.1, -0.05) is 42.5 Å². The molecule has 4 rings (SSSR count). The Labute approximate surface area is 162 Å². The van der Waals surface area contributed by atoms with Crippen LogP contribution in [0, 0.1) is 0 Å². The highest BCUT2D eigenvalue weighted by atomic mass is 32.1. The van der Waals surface area contributed by atoms with Gasteiger partial charge in [0.15, 0.2) is 5.13 Å². The van der Waals surface area contributed by atoms with Crippen LogP contribution in [0.1, 0.15) is 23.2 Å². The van der Waals surface area contributed by atoms with Gasteiger partial charge in [0, 0.05) is 17.6 Å². The zero-order valence-corrected chi connectivity index (χ0v) is 15.6. The van der Waals surface area contributed by atoms with Crippen LogP contribution in [0.4, 0.5) is 5.13 Å². The van der Waals surface area contributed by atoms with E-state index in [1.54, 1.807) is 12.1 Å². The van der Waals surface area contributed by atoms with Crippen molar-refractivity contribution in [3.8, 4) is 17.0 Å².